The van der Waals surface area contributed by atoms with E-state index in [2.05, 4.69) is 10.3 Å². The van der Waals surface area contributed by atoms with Crippen molar-refractivity contribution in [3.8, 4) is 17.0 Å². The van der Waals surface area contributed by atoms with E-state index >= 15 is 0 Å². The summed E-state index contributed by atoms with van der Waals surface area (Å²) in [4.78, 5) is 40.4. The van der Waals surface area contributed by atoms with Gasteiger partial charge in [0.15, 0.2) is 6.61 Å². The number of ether oxygens (including phenoxy) is 3. The molecule has 0 fully saturated rings. The smallest absolute Gasteiger partial charge is 0.407 e. The number of alkyl carbamates (subject to hydrolysis) is 1. The Bertz CT molecular complexity index is 1290. The summed E-state index contributed by atoms with van der Waals surface area (Å²) in [6, 6.07) is 17.8. The third-order valence-corrected chi connectivity index (χ3v) is 5.93. The van der Waals surface area contributed by atoms with E-state index in [1.807, 2.05) is 48.5 Å². The maximum atomic E-state index is 12.6. The Balaban J connectivity index is 1.35. The lowest BCUT2D eigenvalue weighted by molar-refractivity contribution is -0.157. The number of aliphatic carboxylic acids is 1. The van der Waals surface area contributed by atoms with E-state index in [1.54, 1.807) is 26.8 Å². The molecule has 0 saturated heterocycles. The molecule has 0 saturated carbocycles. The topological polar surface area (TPSA) is 124 Å². The van der Waals surface area contributed by atoms with Crippen LogP contribution in [0.4, 0.5) is 4.79 Å². The van der Waals surface area contributed by atoms with Gasteiger partial charge in [-0.05, 0) is 54.7 Å². The first-order valence-corrected chi connectivity index (χ1v) is 12.2. The largest absolute Gasteiger partial charge is 0.480 e. The summed E-state index contributed by atoms with van der Waals surface area (Å²) in [5.74, 6) is -1.77. The highest BCUT2D eigenvalue weighted by atomic mass is 16.6. The molecule has 3 aromatic rings. The highest BCUT2D eigenvalue weighted by molar-refractivity contribution is 5.81. The summed E-state index contributed by atoms with van der Waals surface area (Å²) in [6.07, 6.45) is 0.575. The Morgan fingerprint density at radius 2 is 1.63 bits per heavy atom. The van der Waals surface area contributed by atoms with Crippen molar-refractivity contribution in [2.75, 3.05) is 13.2 Å². The maximum Gasteiger partial charge on any atom is 0.407 e. The summed E-state index contributed by atoms with van der Waals surface area (Å²) < 4.78 is 16.1. The average molecular weight is 519 g/mol. The molecule has 1 atom stereocenters. The number of carbonyl (C=O) groups excluding carboxylic acids is 2. The molecule has 0 radical (unpaired) electrons. The number of rotatable bonds is 9. The number of nitrogens with one attached hydrogen (secondary N) is 1. The Labute approximate surface area is 220 Å². The third-order valence-electron chi connectivity index (χ3n) is 5.93. The van der Waals surface area contributed by atoms with Crippen molar-refractivity contribution in [2.45, 2.75) is 44.8 Å². The zero-order valence-corrected chi connectivity index (χ0v) is 21.5. The van der Waals surface area contributed by atoms with Gasteiger partial charge in [0.05, 0.1) is 0 Å². The second-order valence-electron chi connectivity index (χ2n) is 9.94. The van der Waals surface area contributed by atoms with Crippen LogP contribution in [0.15, 0.2) is 66.9 Å². The molecule has 9 heteroatoms. The summed E-state index contributed by atoms with van der Waals surface area (Å²) >= 11 is 0. The molecule has 2 N–H and O–H groups in total. The molecule has 38 heavy (non-hydrogen) atoms. The van der Waals surface area contributed by atoms with E-state index in [1.165, 1.54) is 12.3 Å². The minimum Gasteiger partial charge on any atom is -0.480 e. The standard InChI is InChI=1S/C29H30N2O7/c1-29(2,3)38-26(32)17-36-25-15-18(12-13-30-25)14-24(27(33)34)31-28(35)37-16-23-21-10-6-4-8-19(21)20-9-5-7-11-22(20)23/h4-13,15,23-24H,14,16-17H2,1-3H3,(H,31,35)(H,33,34)/t24-/m0/s1. The number of carbonyl (C=O) groups is 3. The summed E-state index contributed by atoms with van der Waals surface area (Å²) in [5, 5.41) is 12.1. The van der Waals surface area contributed by atoms with Gasteiger partial charge in [-0.3, -0.25) is 0 Å². The Kier molecular flexibility index (Phi) is 7.95. The number of hydrogen-bond acceptors (Lipinski definition) is 7. The van der Waals surface area contributed by atoms with Crippen LogP contribution in [0.1, 0.15) is 43.4 Å². The van der Waals surface area contributed by atoms with Crippen molar-refractivity contribution in [1.82, 2.24) is 10.3 Å². The predicted octanol–water partition coefficient (Wildman–Crippen LogP) is 4.34. The van der Waals surface area contributed by atoms with Crippen molar-refractivity contribution in [3.05, 3.63) is 83.6 Å². The van der Waals surface area contributed by atoms with E-state index in [9.17, 15) is 19.5 Å². The Morgan fingerprint density at radius 3 is 2.24 bits per heavy atom. The first kappa shape index (κ1) is 26.7. The molecule has 0 bridgehead atoms. The van der Waals surface area contributed by atoms with Crippen molar-refractivity contribution < 1.29 is 33.7 Å². The number of amides is 1. The normalized spacial score (nSPS) is 13.1. The second-order valence-corrected chi connectivity index (χ2v) is 9.94. The van der Waals surface area contributed by atoms with Gasteiger partial charge in [-0.2, -0.15) is 0 Å². The molecule has 198 valence electrons. The van der Waals surface area contributed by atoms with Gasteiger partial charge in [-0.1, -0.05) is 48.5 Å². The molecule has 1 heterocycles. The molecule has 9 nitrogen and oxygen atoms in total. The molecule has 1 aromatic heterocycles. The van der Waals surface area contributed by atoms with Crippen LogP contribution in [0.25, 0.3) is 11.1 Å². The van der Waals surface area contributed by atoms with Crippen LogP contribution >= 0.6 is 0 Å². The summed E-state index contributed by atoms with van der Waals surface area (Å²) in [7, 11) is 0. The van der Waals surface area contributed by atoms with Gasteiger partial charge in [0.25, 0.3) is 0 Å². The van der Waals surface area contributed by atoms with Gasteiger partial charge >= 0.3 is 18.0 Å². The third kappa shape index (κ3) is 6.67. The molecule has 0 spiro atoms. The van der Waals surface area contributed by atoms with Gasteiger partial charge in [0, 0.05) is 24.6 Å². The fourth-order valence-electron chi connectivity index (χ4n) is 4.38. The Morgan fingerprint density at radius 1 is 1.00 bits per heavy atom. The SMILES string of the molecule is CC(C)(C)OC(=O)COc1cc(C[C@H](NC(=O)OCC2c3ccccc3-c3ccccc32)C(=O)O)ccn1. The number of fused-ring (bicyclic) bond motifs is 3. The molecule has 1 amide bonds. The monoisotopic (exact) mass is 518 g/mol. The van der Waals surface area contributed by atoms with E-state index < -0.39 is 29.7 Å². The molecule has 0 aliphatic heterocycles. The molecule has 2 aromatic carbocycles. The number of carboxylic acid groups (broad SMARTS) is 1. The van der Waals surface area contributed by atoms with Crippen molar-refractivity contribution >= 4 is 18.0 Å². The van der Waals surface area contributed by atoms with Crippen LogP contribution in [0, 0.1) is 0 Å². The van der Waals surface area contributed by atoms with Crippen LogP contribution in [0.2, 0.25) is 0 Å². The minimum absolute atomic E-state index is 0.0369. The number of nitrogens with zero attached hydrogens (tertiary/aromatic N) is 1. The van der Waals surface area contributed by atoms with E-state index in [4.69, 9.17) is 14.2 Å². The lowest BCUT2D eigenvalue weighted by Crippen LogP contribution is -2.42. The Hall–Kier alpha value is -4.40. The number of hydrogen-bond donors (Lipinski definition) is 2. The number of aromatic nitrogens is 1. The average Bonchev–Trinajstić information content (AvgIpc) is 3.19. The van der Waals surface area contributed by atoms with Crippen LogP contribution < -0.4 is 10.1 Å². The molecule has 0 unspecified atom stereocenters. The molecule has 1 aliphatic carbocycles. The van der Waals surface area contributed by atoms with Gasteiger partial charge in [0.2, 0.25) is 5.88 Å². The highest BCUT2D eigenvalue weighted by Crippen LogP contribution is 2.44. The quantitative estimate of drug-likeness (QED) is 0.401. The zero-order chi connectivity index (χ0) is 27.3. The van der Waals surface area contributed by atoms with Crippen LogP contribution in [-0.2, 0) is 25.5 Å². The van der Waals surface area contributed by atoms with Gasteiger partial charge < -0.3 is 24.6 Å². The van der Waals surface area contributed by atoms with Gasteiger partial charge in [-0.25, -0.2) is 19.4 Å². The van der Waals surface area contributed by atoms with Crippen molar-refractivity contribution in [3.63, 3.8) is 0 Å². The highest BCUT2D eigenvalue weighted by Gasteiger charge is 2.30. The summed E-state index contributed by atoms with van der Waals surface area (Å²) in [6.45, 7) is 4.98. The van der Waals surface area contributed by atoms with Gasteiger partial charge in [-0.15, -0.1) is 0 Å². The van der Waals surface area contributed by atoms with E-state index in [-0.39, 0.29) is 31.4 Å². The van der Waals surface area contributed by atoms with Crippen LogP contribution in [0.5, 0.6) is 5.88 Å². The molecular formula is C29H30N2O7. The zero-order valence-electron chi connectivity index (χ0n) is 21.5. The number of esters is 1. The number of pyridine rings is 1. The minimum atomic E-state index is -1.24. The second kappa shape index (κ2) is 11.3. The number of carboxylic acids is 1. The molecule has 1 aliphatic rings. The van der Waals surface area contributed by atoms with Gasteiger partial charge in [0.1, 0.15) is 18.2 Å². The fourth-order valence-corrected chi connectivity index (χ4v) is 4.38. The number of benzene rings is 2. The van der Waals surface area contributed by atoms with Crippen molar-refractivity contribution in [2.24, 2.45) is 0 Å². The maximum absolute atomic E-state index is 12.6. The summed E-state index contributed by atoms with van der Waals surface area (Å²) in [5.41, 5.74) is 4.23. The molecule has 4 rings (SSSR count). The van der Waals surface area contributed by atoms with Crippen LogP contribution in [-0.4, -0.2) is 53.0 Å². The molecular weight excluding hydrogens is 488 g/mol. The predicted molar refractivity (Wildman–Crippen MR) is 139 cm³/mol. The lowest BCUT2D eigenvalue weighted by Gasteiger charge is -2.19. The fraction of sp³-hybridized carbons (Fsp3) is 0.310. The van der Waals surface area contributed by atoms with Crippen LogP contribution in [0.3, 0.4) is 0 Å². The first-order chi connectivity index (χ1) is 18.1. The van der Waals surface area contributed by atoms with Crippen molar-refractivity contribution in [1.29, 1.82) is 0 Å². The lowest BCUT2D eigenvalue weighted by atomic mass is 9.98. The van der Waals surface area contributed by atoms with E-state index in [0.717, 1.165) is 22.3 Å². The van der Waals surface area contributed by atoms with E-state index in [0.29, 0.717) is 5.56 Å². The first-order valence-electron chi connectivity index (χ1n) is 12.2.